The van der Waals surface area contributed by atoms with E-state index < -0.39 is 17.1 Å². The molecule has 0 spiro atoms. The van der Waals surface area contributed by atoms with Crippen LogP contribution >= 0.6 is 35.0 Å². The van der Waals surface area contributed by atoms with Gasteiger partial charge in [-0.1, -0.05) is 35.3 Å². The molecule has 2 aromatic carbocycles. The van der Waals surface area contributed by atoms with Crippen molar-refractivity contribution in [3.05, 3.63) is 80.9 Å². The zero-order valence-corrected chi connectivity index (χ0v) is 19.1. The fourth-order valence-electron chi connectivity index (χ4n) is 3.05. The van der Waals surface area contributed by atoms with Crippen molar-refractivity contribution in [2.75, 3.05) is 13.2 Å². The zero-order valence-electron chi connectivity index (χ0n) is 16.8. The van der Waals surface area contributed by atoms with Crippen molar-refractivity contribution in [2.45, 2.75) is 0 Å². The molecular weight excluding hydrogens is 489 g/mol. The lowest BCUT2D eigenvalue weighted by Crippen LogP contribution is -2.32. The van der Waals surface area contributed by atoms with Crippen molar-refractivity contribution in [2.24, 2.45) is 0 Å². The van der Waals surface area contributed by atoms with Crippen LogP contribution in [0.5, 0.6) is 5.75 Å². The van der Waals surface area contributed by atoms with Gasteiger partial charge in [-0.15, -0.1) is 0 Å². The van der Waals surface area contributed by atoms with Gasteiger partial charge in [0.1, 0.15) is 23.9 Å². The van der Waals surface area contributed by atoms with Crippen molar-refractivity contribution in [3.8, 4) is 17.1 Å². The maximum atomic E-state index is 12.7. The summed E-state index contributed by atoms with van der Waals surface area (Å²) in [6, 6.07) is 14.4. The van der Waals surface area contributed by atoms with Gasteiger partial charge in [0.05, 0.1) is 27.1 Å². The summed E-state index contributed by atoms with van der Waals surface area (Å²) in [5.41, 5.74) is 0.466. The number of carbonyl (C=O) groups excluding carboxylic acids is 2. The molecule has 1 N–H and O–H groups in total. The number of benzene rings is 2. The molecule has 10 heteroatoms. The van der Waals surface area contributed by atoms with Crippen molar-refractivity contribution in [3.63, 3.8) is 0 Å². The minimum atomic E-state index is -1.09. The van der Waals surface area contributed by atoms with Crippen molar-refractivity contribution >= 4 is 58.2 Å². The van der Waals surface area contributed by atoms with E-state index in [1.54, 1.807) is 36.4 Å². The number of aromatic carboxylic acids is 1. The Morgan fingerprint density at radius 3 is 2.64 bits per heavy atom. The van der Waals surface area contributed by atoms with Crippen molar-refractivity contribution in [1.29, 1.82) is 0 Å². The molecule has 1 aliphatic rings. The molecule has 0 bridgehead atoms. The van der Waals surface area contributed by atoms with Crippen molar-refractivity contribution in [1.82, 2.24) is 4.90 Å². The smallest absolute Gasteiger partial charge is 0.335 e. The molecule has 2 amide bonds. The molecule has 0 saturated carbocycles. The summed E-state index contributed by atoms with van der Waals surface area (Å²) in [5.74, 6) is -0.430. The topological polar surface area (TPSA) is 97.0 Å². The Morgan fingerprint density at radius 1 is 1.09 bits per heavy atom. The van der Waals surface area contributed by atoms with Gasteiger partial charge >= 0.3 is 5.97 Å². The first-order chi connectivity index (χ1) is 15.8. The number of para-hydroxylation sites is 1. The molecule has 7 nitrogen and oxygen atoms in total. The maximum absolute atomic E-state index is 12.7. The normalized spacial score (nSPS) is 14.8. The number of hydrogen-bond acceptors (Lipinski definition) is 6. The molecule has 4 rings (SSSR count). The van der Waals surface area contributed by atoms with Crippen LogP contribution in [0.4, 0.5) is 4.79 Å². The lowest BCUT2D eigenvalue weighted by Gasteiger charge is -2.13. The number of thioether (sulfide) groups is 1. The quantitative estimate of drug-likeness (QED) is 0.390. The van der Waals surface area contributed by atoms with Gasteiger partial charge in [0.15, 0.2) is 0 Å². The molecule has 1 fully saturated rings. The minimum absolute atomic E-state index is 0.0625. The summed E-state index contributed by atoms with van der Waals surface area (Å²) in [5, 5.41) is 9.52. The summed E-state index contributed by atoms with van der Waals surface area (Å²) in [7, 11) is 0. The Morgan fingerprint density at radius 2 is 1.88 bits per heavy atom. The van der Waals surface area contributed by atoms with E-state index in [0.29, 0.717) is 32.9 Å². The number of carboxylic acids is 1. The summed E-state index contributed by atoms with van der Waals surface area (Å²) < 4.78 is 11.3. The number of rotatable bonds is 7. The van der Waals surface area contributed by atoms with Crippen LogP contribution in [0.15, 0.2) is 63.9 Å². The Balaban J connectivity index is 1.46. The fraction of sp³-hybridized carbons (Fsp3) is 0.0870. The number of imide groups is 1. The molecule has 0 radical (unpaired) electrons. The van der Waals surface area contributed by atoms with Crippen LogP contribution in [0.1, 0.15) is 16.1 Å². The van der Waals surface area contributed by atoms with Gasteiger partial charge in [0, 0.05) is 11.6 Å². The Kier molecular flexibility index (Phi) is 6.78. The van der Waals surface area contributed by atoms with Crippen LogP contribution in [0.2, 0.25) is 10.0 Å². The molecule has 0 aliphatic carbocycles. The number of amides is 2. The van der Waals surface area contributed by atoms with E-state index in [0.717, 1.165) is 16.7 Å². The van der Waals surface area contributed by atoms with Gasteiger partial charge in [-0.05, 0) is 54.2 Å². The molecule has 1 saturated heterocycles. The Labute approximate surface area is 202 Å². The molecule has 3 aromatic rings. The number of ether oxygens (including phenoxy) is 1. The largest absolute Gasteiger partial charge is 0.490 e. The molecule has 0 atom stereocenters. The fourth-order valence-corrected chi connectivity index (χ4v) is 4.30. The SMILES string of the molecule is O=C(O)c1ccc(Cl)c(-c2ccc(/C=C3\SC(=O)N(CCOc4ccccc4Cl)C3=O)o2)c1. The average molecular weight is 504 g/mol. The third-order valence-electron chi connectivity index (χ3n) is 4.66. The molecule has 168 valence electrons. The second-order valence-corrected chi connectivity index (χ2v) is 8.62. The number of furan rings is 1. The number of halogens is 2. The van der Waals surface area contributed by atoms with Crippen LogP contribution in [0.3, 0.4) is 0 Å². The van der Waals surface area contributed by atoms with Gasteiger partial charge in [-0.25, -0.2) is 4.79 Å². The number of nitrogens with zero attached hydrogens (tertiary/aromatic N) is 1. The van der Waals surface area contributed by atoms with E-state index in [4.69, 9.17) is 32.4 Å². The van der Waals surface area contributed by atoms with Crippen LogP contribution in [0, 0.1) is 0 Å². The third kappa shape index (κ3) is 5.08. The molecule has 1 aromatic heterocycles. The van der Waals surface area contributed by atoms with Crippen LogP contribution in [-0.4, -0.2) is 40.3 Å². The van der Waals surface area contributed by atoms with Gasteiger partial charge in [0.2, 0.25) is 0 Å². The lowest BCUT2D eigenvalue weighted by molar-refractivity contribution is -0.123. The van der Waals surface area contributed by atoms with E-state index in [1.807, 2.05) is 0 Å². The summed E-state index contributed by atoms with van der Waals surface area (Å²) in [6.07, 6.45) is 1.46. The maximum Gasteiger partial charge on any atom is 0.335 e. The van der Waals surface area contributed by atoms with E-state index in [-0.39, 0.29) is 23.6 Å². The van der Waals surface area contributed by atoms with Gasteiger partial charge in [-0.2, -0.15) is 0 Å². The highest BCUT2D eigenvalue weighted by Crippen LogP contribution is 2.35. The summed E-state index contributed by atoms with van der Waals surface area (Å²) >= 11 is 13.0. The molecule has 1 aliphatic heterocycles. The van der Waals surface area contributed by atoms with E-state index in [1.165, 1.54) is 24.3 Å². The number of hydrogen-bond donors (Lipinski definition) is 1. The zero-order chi connectivity index (χ0) is 23.5. The third-order valence-corrected chi connectivity index (χ3v) is 6.21. The standard InChI is InChI=1S/C23H15Cl2NO6S/c24-16-7-5-13(22(28)29)11-15(16)18-8-6-14(32-18)12-20-21(27)26(23(30)33-20)9-10-31-19-4-2-1-3-17(19)25/h1-8,11-12H,9-10H2,(H,28,29)/b20-12-. The first-order valence-electron chi connectivity index (χ1n) is 9.59. The highest BCUT2D eigenvalue weighted by molar-refractivity contribution is 8.18. The molecule has 2 heterocycles. The Bertz CT molecular complexity index is 1290. The minimum Gasteiger partial charge on any atom is -0.490 e. The van der Waals surface area contributed by atoms with Gasteiger partial charge in [0.25, 0.3) is 11.1 Å². The van der Waals surface area contributed by atoms with Crippen LogP contribution in [-0.2, 0) is 4.79 Å². The Hall–Kier alpha value is -3.20. The van der Waals surface area contributed by atoms with Crippen molar-refractivity contribution < 1.29 is 28.6 Å². The second-order valence-electron chi connectivity index (χ2n) is 6.81. The van der Waals surface area contributed by atoms with E-state index >= 15 is 0 Å². The first-order valence-corrected chi connectivity index (χ1v) is 11.2. The lowest BCUT2D eigenvalue weighted by atomic mass is 10.1. The average Bonchev–Trinajstić information content (AvgIpc) is 3.35. The predicted molar refractivity (Wildman–Crippen MR) is 126 cm³/mol. The molecule has 0 unspecified atom stereocenters. The highest BCUT2D eigenvalue weighted by Gasteiger charge is 2.35. The number of carboxylic acid groups (broad SMARTS) is 1. The van der Waals surface area contributed by atoms with Crippen LogP contribution < -0.4 is 4.74 Å². The highest BCUT2D eigenvalue weighted by atomic mass is 35.5. The van der Waals surface area contributed by atoms with E-state index in [2.05, 4.69) is 0 Å². The number of carbonyl (C=O) groups is 3. The van der Waals surface area contributed by atoms with Crippen LogP contribution in [0.25, 0.3) is 17.4 Å². The van der Waals surface area contributed by atoms with Gasteiger partial charge in [-0.3, -0.25) is 14.5 Å². The molecule has 33 heavy (non-hydrogen) atoms. The van der Waals surface area contributed by atoms with E-state index in [9.17, 15) is 19.5 Å². The predicted octanol–water partition coefficient (Wildman–Crippen LogP) is 6.07. The molecular formula is C23H15Cl2NO6S. The first kappa shape index (κ1) is 23.0. The summed E-state index contributed by atoms with van der Waals surface area (Å²) in [4.78, 5) is 37.5. The second kappa shape index (κ2) is 9.74. The van der Waals surface area contributed by atoms with Gasteiger partial charge < -0.3 is 14.3 Å². The monoisotopic (exact) mass is 503 g/mol. The summed E-state index contributed by atoms with van der Waals surface area (Å²) in [6.45, 7) is 0.159.